The van der Waals surface area contributed by atoms with Crippen LogP contribution in [0.15, 0.2) is 110 Å². The van der Waals surface area contributed by atoms with Crippen molar-refractivity contribution < 1.29 is 9.47 Å². The molecule has 3 aromatic rings. The largest absolute Gasteiger partial charge is 0.496 e. The molecule has 0 spiro atoms. The number of methoxy groups -OCH3 is 1. The summed E-state index contributed by atoms with van der Waals surface area (Å²) in [5, 5.41) is 2.00. The van der Waals surface area contributed by atoms with Crippen molar-refractivity contribution in [3.8, 4) is 11.5 Å². The summed E-state index contributed by atoms with van der Waals surface area (Å²) in [6, 6.07) is 19.0. The zero-order chi connectivity index (χ0) is 26.0. The monoisotopic (exact) mass is 489 g/mol. The van der Waals surface area contributed by atoms with Crippen LogP contribution in [0.1, 0.15) is 37.3 Å². The molecule has 2 aliphatic rings. The summed E-state index contributed by atoms with van der Waals surface area (Å²) < 4.78 is 12.9. The average molecular weight is 490 g/mol. The fraction of sp³-hybridized carbons (Fsp3) is 0.235. The van der Waals surface area contributed by atoms with E-state index < -0.39 is 5.60 Å². The van der Waals surface area contributed by atoms with Gasteiger partial charge in [-0.15, -0.1) is 0 Å². The van der Waals surface area contributed by atoms with Crippen LogP contribution < -0.4 is 14.4 Å². The molecule has 0 aromatic heterocycles. The quantitative estimate of drug-likeness (QED) is 0.297. The van der Waals surface area contributed by atoms with Crippen LogP contribution in [0.25, 0.3) is 16.3 Å². The van der Waals surface area contributed by atoms with Gasteiger partial charge >= 0.3 is 0 Å². The zero-order valence-corrected chi connectivity index (χ0v) is 21.9. The van der Waals surface area contributed by atoms with Gasteiger partial charge in [0.25, 0.3) is 0 Å². The molecular formula is C34H35NO2. The van der Waals surface area contributed by atoms with Gasteiger partial charge in [0, 0.05) is 40.7 Å². The Balaban J connectivity index is 1.78. The van der Waals surface area contributed by atoms with Gasteiger partial charge in [0.2, 0.25) is 0 Å². The van der Waals surface area contributed by atoms with Gasteiger partial charge in [-0.05, 0) is 60.3 Å². The molecule has 0 saturated carbocycles. The highest BCUT2D eigenvalue weighted by atomic mass is 16.5. The van der Waals surface area contributed by atoms with E-state index in [9.17, 15) is 0 Å². The predicted molar refractivity (Wildman–Crippen MR) is 157 cm³/mol. The van der Waals surface area contributed by atoms with E-state index in [0.29, 0.717) is 0 Å². The zero-order valence-electron chi connectivity index (χ0n) is 21.9. The summed E-state index contributed by atoms with van der Waals surface area (Å²) in [5.74, 6) is 1.62. The third kappa shape index (κ3) is 4.19. The molecule has 0 bridgehead atoms. The van der Waals surface area contributed by atoms with Gasteiger partial charge in [-0.2, -0.15) is 0 Å². The average Bonchev–Trinajstić information content (AvgIpc) is 3.50. The van der Waals surface area contributed by atoms with Crippen LogP contribution in [0, 0.1) is 0 Å². The molecule has 0 amide bonds. The van der Waals surface area contributed by atoms with E-state index in [-0.39, 0.29) is 0 Å². The number of rotatable bonds is 8. The molecule has 2 aliphatic heterocycles. The van der Waals surface area contributed by atoms with Crippen molar-refractivity contribution in [1.29, 1.82) is 0 Å². The fourth-order valence-electron chi connectivity index (χ4n) is 5.56. The van der Waals surface area contributed by atoms with Crippen molar-refractivity contribution >= 4 is 22.0 Å². The lowest BCUT2D eigenvalue weighted by atomic mass is 9.79. The number of allylic oxidation sites excluding steroid dienone is 4. The molecule has 37 heavy (non-hydrogen) atoms. The lowest BCUT2D eigenvalue weighted by Crippen LogP contribution is -2.35. The van der Waals surface area contributed by atoms with E-state index in [2.05, 4.69) is 86.2 Å². The number of anilines is 1. The maximum atomic E-state index is 7.06. The Morgan fingerprint density at radius 2 is 1.73 bits per heavy atom. The molecule has 1 atom stereocenters. The lowest BCUT2D eigenvalue weighted by Gasteiger charge is -2.39. The second kappa shape index (κ2) is 10.2. The lowest BCUT2D eigenvalue weighted by molar-refractivity contribution is 0.162. The third-order valence-corrected chi connectivity index (χ3v) is 7.52. The smallest absolute Gasteiger partial charge is 0.178 e. The van der Waals surface area contributed by atoms with Crippen LogP contribution >= 0.6 is 0 Å². The number of hydrogen-bond acceptors (Lipinski definition) is 3. The Kier molecular flexibility index (Phi) is 6.80. The predicted octanol–water partition coefficient (Wildman–Crippen LogP) is 8.38. The normalized spacial score (nSPS) is 19.1. The van der Waals surface area contributed by atoms with E-state index in [1.54, 1.807) is 13.2 Å². The van der Waals surface area contributed by atoms with Gasteiger partial charge in [-0.1, -0.05) is 81.3 Å². The summed E-state index contributed by atoms with van der Waals surface area (Å²) in [7, 11) is 1.71. The number of hydrogen-bond donors (Lipinski definition) is 0. The summed E-state index contributed by atoms with van der Waals surface area (Å²) in [5.41, 5.74) is 5.21. The minimum atomic E-state index is -0.916. The number of benzene rings is 3. The maximum absolute atomic E-state index is 7.06. The summed E-state index contributed by atoms with van der Waals surface area (Å²) in [4.78, 5) is 2.44. The second-order valence-corrected chi connectivity index (χ2v) is 9.64. The van der Waals surface area contributed by atoms with Gasteiger partial charge in [0.15, 0.2) is 5.60 Å². The fourth-order valence-corrected chi connectivity index (χ4v) is 5.56. The molecule has 188 valence electrons. The number of nitrogens with zero attached hydrogens (tertiary/aromatic N) is 1. The van der Waals surface area contributed by atoms with Crippen molar-refractivity contribution in [3.63, 3.8) is 0 Å². The van der Waals surface area contributed by atoms with Crippen LogP contribution in [0.2, 0.25) is 0 Å². The molecule has 5 rings (SSSR count). The molecule has 1 unspecified atom stereocenters. The highest BCUT2D eigenvalue weighted by Gasteiger charge is 2.40. The standard InChI is InChI=1S/C34H35NO2/c1-6-13-25(8-3)31-23-34(24(4)7-2,26-16-18-27(19-17-26)35-20-11-12-21-35)37-33-29-15-10-9-14-28(29)32(36-5)22-30(31)33/h7-10,13-19,22-23H,2-4,6,11-12,20-21H2,1,5H3/b25-13+. The van der Waals surface area contributed by atoms with Crippen molar-refractivity contribution in [2.45, 2.75) is 31.8 Å². The summed E-state index contributed by atoms with van der Waals surface area (Å²) in [6.45, 7) is 17.0. The van der Waals surface area contributed by atoms with Crippen LogP contribution in [0.5, 0.6) is 11.5 Å². The van der Waals surface area contributed by atoms with E-state index in [4.69, 9.17) is 9.47 Å². The van der Waals surface area contributed by atoms with Crippen LogP contribution in [-0.4, -0.2) is 20.2 Å². The number of fused-ring (bicyclic) bond motifs is 3. The SMILES string of the molecule is C=CC(=C)C1(c2ccc(N3CCCC3)cc2)C=C(/C(C=C)=C/CC)c2cc(OC)c3ccccc3c2O1. The van der Waals surface area contributed by atoms with Crippen LogP contribution in [-0.2, 0) is 5.60 Å². The molecule has 3 aromatic carbocycles. The summed E-state index contributed by atoms with van der Waals surface area (Å²) in [6.07, 6.45) is 11.5. The van der Waals surface area contributed by atoms with Crippen molar-refractivity contribution in [2.24, 2.45) is 0 Å². The van der Waals surface area contributed by atoms with Crippen molar-refractivity contribution in [1.82, 2.24) is 0 Å². The molecule has 0 aliphatic carbocycles. The minimum Gasteiger partial charge on any atom is -0.496 e. The first-order chi connectivity index (χ1) is 18.1. The molecule has 1 saturated heterocycles. The molecule has 3 nitrogen and oxygen atoms in total. The molecule has 3 heteroatoms. The Bertz CT molecular complexity index is 1420. The van der Waals surface area contributed by atoms with Gasteiger partial charge in [-0.3, -0.25) is 0 Å². The van der Waals surface area contributed by atoms with Gasteiger partial charge in [0.05, 0.1) is 7.11 Å². The van der Waals surface area contributed by atoms with E-state index in [1.807, 2.05) is 18.2 Å². The van der Waals surface area contributed by atoms with E-state index in [0.717, 1.165) is 69.6 Å². The molecule has 1 fully saturated rings. The van der Waals surface area contributed by atoms with Crippen molar-refractivity contribution in [3.05, 3.63) is 121 Å². The van der Waals surface area contributed by atoms with Crippen molar-refractivity contribution in [2.75, 3.05) is 25.1 Å². The Morgan fingerprint density at radius 3 is 2.35 bits per heavy atom. The number of ether oxygens (including phenoxy) is 2. The van der Waals surface area contributed by atoms with Gasteiger partial charge < -0.3 is 14.4 Å². The topological polar surface area (TPSA) is 21.7 Å². The first-order valence-electron chi connectivity index (χ1n) is 13.1. The van der Waals surface area contributed by atoms with E-state index >= 15 is 0 Å². The molecule has 0 N–H and O–H groups in total. The van der Waals surface area contributed by atoms with Crippen LogP contribution in [0.4, 0.5) is 5.69 Å². The van der Waals surface area contributed by atoms with Gasteiger partial charge in [0.1, 0.15) is 11.5 Å². The Morgan fingerprint density at radius 1 is 1.03 bits per heavy atom. The Hall–Kier alpha value is -3.98. The van der Waals surface area contributed by atoms with E-state index in [1.165, 1.54) is 18.5 Å². The first kappa shape index (κ1) is 24.7. The highest BCUT2D eigenvalue weighted by molar-refractivity contribution is 6.01. The first-order valence-corrected chi connectivity index (χ1v) is 13.1. The second-order valence-electron chi connectivity index (χ2n) is 9.64. The Labute approximate surface area is 220 Å². The molecule has 2 heterocycles. The minimum absolute atomic E-state index is 0.782. The van der Waals surface area contributed by atoms with Crippen LogP contribution in [0.3, 0.4) is 0 Å². The maximum Gasteiger partial charge on any atom is 0.178 e. The third-order valence-electron chi connectivity index (χ3n) is 7.52. The molecular weight excluding hydrogens is 454 g/mol. The van der Waals surface area contributed by atoms with Gasteiger partial charge in [-0.25, -0.2) is 0 Å². The highest BCUT2D eigenvalue weighted by Crippen LogP contribution is 2.51. The molecule has 0 radical (unpaired) electrons. The summed E-state index contributed by atoms with van der Waals surface area (Å²) >= 11 is 0.